The van der Waals surface area contributed by atoms with Gasteiger partial charge in [0.25, 0.3) is 4.29 Å². The molecule has 0 rings (SSSR count). The van der Waals surface area contributed by atoms with Crippen LogP contribution in [0, 0.1) is 0 Å². The van der Waals surface area contributed by atoms with Gasteiger partial charge in [0, 0.05) is 19.3 Å². The van der Waals surface area contributed by atoms with E-state index < -0.39 is 0 Å². The Bertz CT molecular complexity index is 181. The number of hydrogen-bond acceptors (Lipinski definition) is 3. The van der Waals surface area contributed by atoms with Gasteiger partial charge in [-0.05, 0) is 6.42 Å². The molecule has 0 bridgehead atoms. The Balaban J connectivity index is 3.40. The van der Waals surface area contributed by atoms with Crippen LogP contribution in [0.2, 0.25) is 0 Å². The maximum atomic E-state index is 10.9. The fourth-order valence-electron chi connectivity index (χ4n) is 0.488. The van der Waals surface area contributed by atoms with Gasteiger partial charge in [0.05, 0.1) is 0 Å². The van der Waals surface area contributed by atoms with Crippen LogP contribution in [0.5, 0.6) is 0 Å². The van der Waals surface area contributed by atoms with Crippen LogP contribution >= 0.6 is 31.5 Å². The van der Waals surface area contributed by atoms with Crippen molar-refractivity contribution in [1.82, 2.24) is 10.7 Å². The first kappa shape index (κ1) is 13.1. The van der Waals surface area contributed by atoms with Gasteiger partial charge in [0.2, 0.25) is 0 Å². The molecule has 8 heteroatoms. The number of urea groups is 1. The zero-order valence-corrected chi connectivity index (χ0v) is 10.3. The zero-order chi connectivity index (χ0) is 10.1. The lowest BCUT2D eigenvalue weighted by Gasteiger charge is -2.01. The average Bonchev–Trinajstić information content (AvgIpc) is 2.04. The number of amides is 2. The van der Waals surface area contributed by atoms with Gasteiger partial charge in [-0.25, -0.2) is 10.2 Å². The quantitative estimate of drug-likeness (QED) is 0.167. The molecule has 1 atom stereocenters. The van der Waals surface area contributed by atoms with Crippen molar-refractivity contribution < 1.29 is 9.90 Å². The average molecular weight is 315 g/mol. The van der Waals surface area contributed by atoms with Gasteiger partial charge >= 0.3 is 6.03 Å². The summed E-state index contributed by atoms with van der Waals surface area (Å²) in [6.45, 7) is 0.525. The van der Waals surface area contributed by atoms with Gasteiger partial charge < -0.3 is 10.4 Å². The summed E-state index contributed by atoms with van der Waals surface area (Å²) in [5.74, 6) is 0. The zero-order valence-electron chi connectivity index (χ0n) is 7.03. The van der Waals surface area contributed by atoms with Crippen molar-refractivity contribution in [2.24, 2.45) is 5.10 Å². The Morgan fingerprint density at radius 3 is 3.00 bits per heavy atom. The van der Waals surface area contributed by atoms with E-state index in [0.717, 1.165) is 0 Å². The molecule has 13 heavy (non-hydrogen) atoms. The number of nitrogens with zero attached hydrogens (tertiary/aromatic N) is 1. The normalized spacial score (nSPS) is 10.1. The number of carbonyl (C=O) groups excluding carboxylic acids is 1. The number of aliphatic hydroxyl groups excluding tert-OH is 1. The molecule has 0 radical (unpaired) electrons. The molecule has 0 saturated carbocycles. The van der Waals surface area contributed by atoms with Crippen LogP contribution < -0.4 is 10.7 Å². The van der Waals surface area contributed by atoms with Crippen molar-refractivity contribution in [1.29, 1.82) is 0 Å². The number of halogens is 1. The Morgan fingerprint density at radius 2 is 2.46 bits per heavy atom. The van der Waals surface area contributed by atoms with Crippen LogP contribution in [0.3, 0.4) is 0 Å². The molecule has 74 valence electrons. The summed E-state index contributed by atoms with van der Waals surface area (Å²) < 4.78 is 0.204. The van der Waals surface area contributed by atoms with Crippen LogP contribution in [0.4, 0.5) is 4.79 Å². The molecular formula is C5H12BIN3O2P. The maximum Gasteiger partial charge on any atom is 0.335 e. The van der Waals surface area contributed by atoms with Crippen molar-refractivity contribution in [3.63, 3.8) is 0 Å². The third-order valence-electron chi connectivity index (χ3n) is 1.00. The predicted molar refractivity (Wildman–Crippen MR) is 66.2 cm³/mol. The van der Waals surface area contributed by atoms with E-state index in [9.17, 15) is 4.79 Å². The van der Waals surface area contributed by atoms with E-state index in [-0.39, 0.29) is 16.9 Å². The molecule has 0 aliphatic heterocycles. The molecule has 2 amide bonds. The molecule has 1 unspecified atom stereocenters. The van der Waals surface area contributed by atoms with E-state index >= 15 is 0 Å². The highest BCUT2D eigenvalue weighted by Gasteiger charge is 1.97. The Kier molecular flexibility index (Phi) is 8.79. The lowest BCUT2D eigenvalue weighted by atomic mass is 10.2. The molecule has 0 saturated heterocycles. The van der Waals surface area contributed by atoms with Crippen molar-refractivity contribution in [2.75, 3.05) is 13.2 Å². The van der Waals surface area contributed by atoms with Gasteiger partial charge in [-0.2, -0.15) is 14.2 Å². The number of hydrazone groups is 1. The highest BCUT2D eigenvalue weighted by molar-refractivity contribution is 14.1. The molecule has 0 fully saturated rings. The first-order chi connectivity index (χ1) is 6.16. The summed E-state index contributed by atoms with van der Waals surface area (Å²) in [5.41, 5.74) is 2.29. The van der Waals surface area contributed by atoms with E-state index in [1.165, 1.54) is 0 Å². The highest BCUT2D eigenvalue weighted by atomic mass is 127. The molecule has 0 spiro atoms. The summed E-state index contributed by atoms with van der Waals surface area (Å²) >= 11 is 2.13. The Hall–Kier alpha value is 0.125. The SMILES string of the molecule is O=C(NCCCO)NN=CB(P)I. The second kappa shape index (κ2) is 8.71. The molecular weight excluding hydrogens is 303 g/mol. The first-order valence-corrected chi connectivity index (χ1v) is 5.65. The van der Waals surface area contributed by atoms with Gasteiger partial charge in [-0.3, -0.25) is 0 Å². The van der Waals surface area contributed by atoms with Crippen LogP contribution in [-0.4, -0.2) is 34.7 Å². The number of aliphatic hydroxyl groups is 1. The van der Waals surface area contributed by atoms with Crippen molar-refractivity contribution in [3.8, 4) is 0 Å². The summed E-state index contributed by atoms with van der Waals surface area (Å²) in [5, 5.41) is 14.6. The lowest BCUT2D eigenvalue weighted by Crippen LogP contribution is -2.33. The molecule has 0 aliphatic rings. The molecule has 3 N–H and O–H groups in total. The number of hydrogen-bond donors (Lipinski definition) is 3. The van der Waals surface area contributed by atoms with E-state index in [1.807, 2.05) is 0 Å². The van der Waals surface area contributed by atoms with E-state index in [4.69, 9.17) is 5.11 Å². The summed E-state index contributed by atoms with van der Waals surface area (Å²) in [6, 6.07) is -0.355. The first-order valence-electron chi connectivity index (χ1n) is 3.74. The van der Waals surface area contributed by atoms with E-state index in [2.05, 4.69) is 47.3 Å². The lowest BCUT2D eigenvalue weighted by molar-refractivity contribution is 0.238. The summed E-state index contributed by atoms with van der Waals surface area (Å²) in [4.78, 5) is 10.9. The van der Waals surface area contributed by atoms with Crippen LogP contribution in [0.15, 0.2) is 5.10 Å². The molecule has 0 aliphatic carbocycles. The highest BCUT2D eigenvalue weighted by Crippen LogP contribution is 1.98. The van der Waals surface area contributed by atoms with Crippen LogP contribution in [0.25, 0.3) is 0 Å². The second-order valence-corrected chi connectivity index (χ2v) is 5.68. The van der Waals surface area contributed by atoms with Crippen molar-refractivity contribution in [2.45, 2.75) is 6.42 Å². The van der Waals surface area contributed by atoms with Crippen LogP contribution in [-0.2, 0) is 0 Å². The summed E-state index contributed by atoms with van der Waals surface area (Å²) in [7, 11) is 2.52. The fourth-order valence-corrected chi connectivity index (χ4v) is 0.734. The minimum absolute atomic E-state index is 0.0744. The van der Waals surface area contributed by atoms with Gasteiger partial charge in [-0.1, -0.05) is 0 Å². The summed E-state index contributed by atoms with van der Waals surface area (Å²) in [6.07, 6.45) is 2.15. The van der Waals surface area contributed by atoms with Crippen LogP contribution in [0.1, 0.15) is 6.42 Å². The third kappa shape index (κ3) is 10.0. The smallest absolute Gasteiger partial charge is 0.335 e. The molecule has 0 heterocycles. The predicted octanol–water partition coefficient (Wildman–Crippen LogP) is -0.00870. The minimum Gasteiger partial charge on any atom is -0.396 e. The molecule has 5 nitrogen and oxygen atoms in total. The minimum atomic E-state index is -0.355. The monoisotopic (exact) mass is 315 g/mol. The topological polar surface area (TPSA) is 73.7 Å². The Labute approximate surface area is 93.2 Å². The second-order valence-electron chi connectivity index (χ2n) is 2.17. The van der Waals surface area contributed by atoms with E-state index in [0.29, 0.717) is 13.0 Å². The standard InChI is InChI=1S/C5H12BIN3O2P/c7-6(13)4-9-10-5(12)8-2-1-3-11/h4,11H,1-3,13H2,(H2,8,10,12). The Morgan fingerprint density at radius 1 is 1.77 bits per heavy atom. The molecule has 0 aromatic carbocycles. The van der Waals surface area contributed by atoms with Crippen molar-refractivity contribution in [3.05, 3.63) is 0 Å². The largest absolute Gasteiger partial charge is 0.396 e. The van der Waals surface area contributed by atoms with Gasteiger partial charge in [-0.15, -0.1) is 22.4 Å². The number of carbonyl (C=O) groups is 1. The molecule has 0 aromatic rings. The van der Waals surface area contributed by atoms with Gasteiger partial charge in [0.15, 0.2) is 0 Å². The maximum absolute atomic E-state index is 10.9. The third-order valence-corrected chi connectivity index (χ3v) is 1.50. The van der Waals surface area contributed by atoms with E-state index in [1.54, 1.807) is 6.11 Å². The van der Waals surface area contributed by atoms with Crippen molar-refractivity contribution >= 4 is 47.9 Å². The van der Waals surface area contributed by atoms with Gasteiger partial charge in [0.1, 0.15) is 0 Å². The number of rotatable bonds is 5. The fraction of sp³-hybridized carbons (Fsp3) is 0.600. The molecule has 0 aromatic heterocycles. The number of nitrogens with one attached hydrogen (secondary N) is 2.